The smallest absolute Gasteiger partial charge is 0.241 e. The van der Waals surface area contributed by atoms with Gasteiger partial charge in [-0.2, -0.15) is 0 Å². The van der Waals surface area contributed by atoms with Crippen LogP contribution in [0.2, 0.25) is 0 Å². The predicted molar refractivity (Wildman–Crippen MR) is 69.4 cm³/mol. The van der Waals surface area contributed by atoms with Gasteiger partial charge in [-0.15, -0.1) is 5.10 Å². The predicted octanol–water partition coefficient (Wildman–Crippen LogP) is -0.535. The maximum atomic E-state index is 11.7. The Morgan fingerprint density at radius 3 is 3.26 bits per heavy atom. The SMILES string of the molecule is NCCCc1cn(CC(=O)NCC2CCCO2)nn1. The molecule has 1 saturated heterocycles. The maximum absolute atomic E-state index is 11.7. The van der Waals surface area contributed by atoms with Gasteiger partial charge in [0, 0.05) is 19.3 Å². The summed E-state index contributed by atoms with van der Waals surface area (Å²) in [5.74, 6) is -0.0641. The maximum Gasteiger partial charge on any atom is 0.241 e. The molecule has 0 spiro atoms. The zero-order valence-corrected chi connectivity index (χ0v) is 11.0. The number of hydrogen-bond acceptors (Lipinski definition) is 5. The van der Waals surface area contributed by atoms with Crippen LogP contribution < -0.4 is 11.1 Å². The van der Waals surface area contributed by atoms with Gasteiger partial charge in [0.15, 0.2) is 0 Å². The molecule has 1 aromatic heterocycles. The summed E-state index contributed by atoms with van der Waals surface area (Å²) >= 11 is 0. The lowest BCUT2D eigenvalue weighted by Gasteiger charge is -2.10. The summed E-state index contributed by atoms with van der Waals surface area (Å²) in [6, 6.07) is 0. The number of nitrogens with one attached hydrogen (secondary N) is 1. The van der Waals surface area contributed by atoms with Gasteiger partial charge in [0.2, 0.25) is 5.91 Å². The van der Waals surface area contributed by atoms with Crippen molar-refractivity contribution >= 4 is 5.91 Å². The van der Waals surface area contributed by atoms with Gasteiger partial charge in [-0.1, -0.05) is 5.21 Å². The van der Waals surface area contributed by atoms with Gasteiger partial charge in [0.25, 0.3) is 0 Å². The van der Waals surface area contributed by atoms with E-state index in [1.807, 2.05) is 0 Å². The molecule has 3 N–H and O–H groups in total. The molecule has 0 aromatic carbocycles. The molecule has 1 aliphatic rings. The van der Waals surface area contributed by atoms with Gasteiger partial charge in [-0.3, -0.25) is 4.79 Å². The van der Waals surface area contributed by atoms with E-state index in [2.05, 4.69) is 15.6 Å². The Balaban J connectivity index is 1.70. The first-order valence-corrected chi connectivity index (χ1v) is 6.75. The Kier molecular flexibility index (Phi) is 5.29. The van der Waals surface area contributed by atoms with Crippen molar-refractivity contribution in [1.82, 2.24) is 20.3 Å². The van der Waals surface area contributed by atoms with E-state index in [9.17, 15) is 4.79 Å². The van der Waals surface area contributed by atoms with Gasteiger partial charge in [0.1, 0.15) is 6.54 Å². The lowest BCUT2D eigenvalue weighted by Crippen LogP contribution is -2.34. The minimum Gasteiger partial charge on any atom is -0.376 e. The van der Waals surface area contributed by atoms with Crippen molar-refractivity contribution < 1.29 is 9.53 Å². The van der Waals surface area contributed by atoms with Gasteiger partial charge in [-0.25, -0.2) is 4.68 Å². The van der Waals surface area contributed by atoms with E-state index in [4.69, 9.17) is 10.5 Å². The molecule has 0 bridgehead atoms. The number of aryl methyl sites for hydroxylation is 1. The molecular weight excluding hydrogens is 246 g/mol. The van der Waals surface area contributed by atoms with Crippen LogP contribution >= 0.6 is 0 Å². The number of amides is 1. The molecule has 1 amide bonds. The van der Waals surface area contributed by atoms with E-state index >= 15 is 0 Å². The molecule has 0 radical (unpaired) electrons. The van der Waals surface area contributed by atoms with Crippen LogP contribution in [0.5, 0.6) is 0 Å². The minimum atomic E-state index is -0.0641. The summed E-state index contributed by atoms with van der Waals surface area (Å²) in [7, 11) is 0. The van der Waals surface area contributed by atoms with Crippen molar-refractivity contribution in [3.05, 3.63) is 11.9 Å². The normalized spacial score (nSPS) is 18.7. The summed E-state index contributed by atoms with van der Waals surface area (Å²) in [6.07, 6.45) is 5.74. The number of carbonyl (C=O) groups excluding carboxylic acids is 1. The number of aromatic nitrogens is 3. The number of rotatable bonds is 7. The molecule has 0 saturated carbocycles. The van der Waals surface area contributed by atoms with Crippen LogP contribution in [0.25, 0.3) is 0 Å². The average Bonchev–Trinajstić information content (AvgIpc) is 3.05. The van der Waals surface area contributed by atoms with Crippen molar-refractivity contribution in [3.63, 3.8) is 0 Å². The van der Waals surface area contributed by atoms with Crippen molar-refractivity contribution in [2.45, 2.75) is 38.3 Å². The average molecular weight is 267 g/mol. The Morgan fingerprint density at radius 1 is 1.63 bits per heavy atom. The van der Waals surface area contributed by atoms with E-state index < -0.39 is 0 Å². The fraction of sp³-hybridized carbons (Fsp3) is 0.750. The van der Waals surface area contributed by atoms with Crippen molar-refractivity contribution in [1.29, 1.82) is 0 Å². The van der Waals surface area contributed by atoms with Crippen LogP contribution in [0.15, 0.2) is 6.20 Å². The van der Waals surface area contributed by atoms with Crippen LogP contribution in [0.4, 0.5) is 0 Å². The third-order valence-electron chi connectivity index (χ3n) is 3.08. The minimum absolute atomic E-state index is 0.0641. The largest absolute Gasteiger partial charge is 0.376 e. The van der Waals surface area contributed by atoms with Crippen molar-refractivity contribution in [2.24, 2.45) is 5.73 Å². The molecule has 2 rings (SSSR count). The van der Waals surface area contributed by atoms with E-state index in [0.29, 0.717) is 13.1 Å². The molecule has 1 aliphatic heterocycles. The summed E-state index contributed by atoms with van der Waals surface area (Å²) in [5.41, 5.74) is 6.30. The number of carbonyl (C=O) groups is 1. The molecule has 7 nitrogen and oxygen atoms in total. The number of hydrogen-bond donors (Lipinski definition) is 2. The molecule has 106 valence electrons. The molecule has 2 heterocycles. The Bertz CT molecular complexity index is 401. The lowest BCUT2D eigenvalue weighted by atomic mass is 10.2. The van der Waals surface area contributed by atoms with Crippen LogP contribution in [-0.4, -0.2) is 46.7 Å². The highest BCUT2D eigenvalue weighted by Crippen LogP contribution is 2.10. The van der Waals surface area contributed by atoms with E-state index in [-0.39, 0.29) is 18.6 Å². The molecule has 7 heteroatoms. The van der Waals surface area contributed by atoms with Crippen LogP contribution in [-0.2, 0) is 22.5 Å². The second-order valence-electron chi connectivity index (χ2n) is 4.74. The quantitative estimate of drug-likeness (QED) is 0.692. The van der Waals surface area contributed by atoms with Crippen LogP contribution in [0.3, 0.4) is 0 Å². The first-order chi connectivity index (χ1) is 9.28. The zero-order chi connectivity index (χ0) is 13.5. The number of ether oxygens (including phenoxy) is 1. The Hall–Kier alpha value is -1.47. The second kappa shape index (κ2) is 7.20. The standard InChI is InChI=1S/C12H21N5O2/c13-5-1-3-10-8-17(16-15-10)9-12(18)14-7-11-4-2-6-19-11/h8,11H,1-7,9,13H2,(H,14,18). The monoisotopic (exact) mass is 267 g/mol. The lowest BCUT2D eigenvalue weighted by molar-refractivity contribution is -0.122. The van der Waals surface area contributed by atoms with Gasteiger partial charge in [-0.05, 0) is 32.2 Å². The summed E-state index contributed by atoms with van der Waals surface area (Å²) < 4.78 is 6.99. The third kappa shape index (κ3) is 4.60. The highest BCUT2D eigenvalue weighted by molar-refractivity contribution is 5.75. The highest BCUT2D eigenvalue weighted by atomic mass is 16.5. The highest BCUT2D eigenvalue weighted by Gasteiger charge is 2.16. The molecule has 1 aromatic rings. The van der Waals surface area contributed by atoms with E-state index in [0.717, 1.165) is 38.0 Å². The fourth-order valence-corrected chi connectivity index (χ4v) is 2.05. The molecule has 1 unspecified atom stereocenters. The van der Waals surface area contributed by atoms with E-state index in [1.54, 1.807) is 10.9 Å². The molecule has 1 atom stereocenters. The third-order valence-corrected chi connectivity index (χ3v) is 3.08. The molecule has 19 heavy (non-hydrogen) atoms. The van der Waals surface area contributed by atoms with Crippen LogP contribution in [0.1, 0.15) is 25.0 Å². The van der Waals surface area contributed by atoms with Crippen LogP contribution in [0, 0.1) is 0 Å². The first kappa shape index (κ1) is 14.0. The molecule has 1 fully saturated rings. The molecular formula is C12H21N5O2. The topological polar surface area (TPSA) is 95.1 Å². The van der Waals surface area contributed by atoms with Gasteiger partial charge >= 0.3 is 0 Å². The summed E-state index contributed by atoms with van der Waals surface area (Å²) in [5, 5.41) is 10.8. The number of nitrogens with zero attached hydrogens (tertiary/aromatic N) is 3. The first-order valence-electron chi connectivity index (χ1n) is 6.75. The fourth-order valence-electron chi connectivity index (χ4n) is 2.05. The zero-order valence-electron chi connectivity index (χ0n) is 11.0. The van der Waals surface area contributed by atoms with Crippen molar-refractivity contribution in [2.75, 3.05) is 19.7 Å². The van der Waals surface area contributed by atoms with Gasteiger partial charge in [0.05, 0.1) is 11.8 Å². The summed E-state index contributed by atoms with van der Waals surface area (Å²) in [4.78, 5) is 11.7. The Labute approximate surface area is 112 Å². The number of nitrogens with two attached hydrogens (primary N) is 1. The van der Waals surface area contributed by atoms with E-state index in [1.165, 1.54) is 0 Å². The summed E-state index contributed by atoms with van der Waals surface area (Å²) in [6.45, 7) is 2.21. The van der Waals surface area contributed by atoms with Crippen molar-refractivity contribution in [3.8, 4) is 0 Å². The second-order valence-corrected chi connectivity index (χ2v) is 4.74. The van der Waals surface area contributed by atoms with Gasteiger partial charge < -0.3 is 15.8 Å². The Morgan fingerprint density at radius 2 is 2.53 bits per heavy atom. The molecule has 0 aliphatic carbocycles.